The van der Waals surface area contributed by atoms with E-state index in [9.17, 15) is 19.2 Å². The van der Waals surface area contributed by atoms with Gasteiger partial charge in [0, 0.05) is 48.2 Å². The molecule has 18 nitrogen and oxygen atoms in total. The maximum atomic E-state index is 12.5. The van der Waals surface area contributed by atoms with Crippen molar-refractivity contribution in [3.63, 3.8) is 0 Å². The van der Waals surface area contributed by atoms with Gasteiger partial charge >= 0.3 is 24.0 Å². The number of carboxylic acid groups (broad SMARTS) is 2. The smallest absolute Gasteiger partial charge is 0.357 e. The Balaban J connectivity index is 0.000000238. The number of amides is 4. The second-order valence-corrected chi connectivity index (χ2v) is 17.5. The molecule has 0 aliphatic carbocycles. The third-order valence-electron chi connectivity index (χ3n) is 8.61. The number of carbonyl (C=O) groups excluding carboxylic acids is 2. The fraction of sp³-hybridized carbons (Fsp3) is 0.349. The molecule has 2 aromatic carbocycles. The third kappa shape index (κ3) is 15.0. The average molecular weight is 902 g/mol. The summed E-state index contributed by atoms with van der Waals surface area (Å²) in [5, 5.41) is 29.9. The van der Waals surface area contributed by atoms with Gasteiger partial charge in [-0.1, -0.05) is 39.8 Å². The molecule has 334 valence electrons. The van der Waals surface area contributed by atoms with E-state index in [0.717, 1.165) is 27.1 Å². The molecule has 0 saturated heterocycles. The first-order valence-corrected chi connectivity index (χ1v) is 21.6. The molecule has 4 amide bonds. The summed E-state index contributed by atoms with van der Waals surface area (Å²) in [5.74, 6) is 0.822. The quantitative estimate of drug-likeness (QED) is 0.0472. The van der Waals surface area contributed by atoms with Crippen LogP contribution in [0.1, 0.15) is 81.3 Å². The number of ether oxygens (including phenoxy) is 2. The number of oxazole rings is 1. The number of thiazole rings is 2. The highest BCUT2D eigenvalue weighted by atomic mass is 32.1. The number of nitrogens with zero attached hydrogens (tertiary/aromatic N) is 5. The molecule has 6 rings (SSSR count). The molecule has 0 radical (unpaired) electrons. The van der Waals surface area contributed by atoms with E-state index < -0.39 is 24.0 Å². The number of hydrogen-bond acceptors (Lipinski definition) is 13. The number of hydrogen-bond donors (Lipinski definition) is 6. The normalized spacial score (nSPS) is 10.9. The van der Waals surface area contributed by atoms with Gasteiger partial charge in [-0.05, 0) is 73.9 Å². The van der Waals surface area contributed by atoms with Gasteiger partial charge in [0.1, 0.15) is 23.6 Å². The second-order valence-electron chi connectivity index (χ2n) is 15.2. The van der Waals surface area contributed by atoms with E-state index in [0.29, 0.717) is 95.6 Å². The summed E-state index contributed by atoms with van der Waals surface area (Å²) in [6.07, 6.45) is 8.16. The summed E-state index contributed by atoms with van der Waals surface area (Å²) >= 11 is 2.69. The molecule has 4 aromatic heterocycles. The molecule has 0 aliphatic rings. The van der Waals surface area contributed by atoms with E-state index >= 15 is 0 Å². The highest BCUT2D eigenvalue weighted by Gasteiger charge is 2.16. The first-order valence-electron chi connectivity index (χ1n) is 20.0. The van der Waals surface area contributed by atoms with Crippen molar-refractivity contribution in [3.05, 3.63) is 105 Å². The van der Waals surface area contributed by atoms with Crippen LogP contribution in [0.25, 0.3) is 0 Å². The Labute approximate surface area is 372 Å². The molecule has 6 N–H and O–H groups in total. The van der Waals surface area contributed by atoms with Gasteiger partial charge in [0.05, 0.1) is 24.6 Å². The van der Waals surface area contributed by atoms with Crippen LogP contribution in [0, 0.1) is 25.7 Å². The Hall–Kier alpha value is -6.80. The van der Waals surface area contributed by atoms with Gasteiger partial charge in [0.15, 0.2) is 27.5 Å². The standard InChI is InChI=1S/C22H27N5O4S.C21H24N4O5S/c1-13(2)12-31-18-9-14(3)5-7-16(18)25-21(30)26-22-23-10-15(32-22)6-8-19-24-17(20(28)29)11-27(19)4;1-12(2)10-29-17-8-13(3)4-6-15(17)24-20(28)25-21-22-9-14(31-21)5-7-18-23-16(11-30-18)19(26)27/h5,7,9-11,13H,6,8,12H2,1-4H3,(H,28,29)(H2,23,25,26,30);4,6,8-9,11-12H,5,7,10H2,1-3H3,(H,26,27)(H2,22,24,25,28). The van der Waals surface area contributed by atoms with E-state index in [1.165, 1.54) is 28.9 Å². The van der Waals surface area contributed by atoms with Crippen molar-refractivity contribution in [2.45, 2.75) is 67.2 Å². The van der Waals surface area contributed by atoms with Gasteiger partial charge in [-0.3, -0.25) is 10.6 Å². The van der Waals surface area contributed by atoms with Crippen LogP contribution in [-0.2, 0) is 32.7 Å². The second kappa shape index (κ2) is 22.3. The predicted octanol–water partition coefficient (Wildman–Crippen LogP) is 8.95. The molecule has 6 aromatic rings. The summed E-state index contributed by atoms with van der Waals surface area (Å²) in [7, 11) is 1.77. The maximum Gasteiger partial charge on any atom is 0.357 e. The number of urea groups is 2. The molecule has 0 bridgehead atoms. The van der Waals surface area contributed by atoms with Gasteiger partial charge in [-0.25, -0.2) is 39.1 Å². The SMILES string of the molecule is Cc1ccc(NC(=O)Nc2ncc(CCc3nc(C(=O)O)cn3C)s2)c(OCC(C)C)c1.Cc1ccc(NC(=O)Nc2ncc(CCc3nc(C(=O)O)co3)s2)c(OCC(C)C)c1. The Kier molecular flexibility index (Phi) is 16.8. The molecular weight excluding hydrogens is 851 g/mol. The van der Waals surface area contributed by atoms with Gasteiger partial charge in [0.25, 0.3) is 0 Å². The van der Waals surface area contributed by atoms with E-state index in [2.05, 4.69) is 68.9 Å². The third-order valence-corrected chi connectivity index (χ3v) is 10.6. The van der Waals surface area contributed by atoms with Crippen molar-refractivity contribution < 1.29 is 43.3 Å². The zero-order chi connectivity index (χ0) is 45.6. The molecule has 0 atom stereocenters. The number of aryl methyl sites for hydroxylation is 7. The Morgan fingerprint density at radius 1 is 0.698 bits per heavy atom. The average Bonchev–Trinajstić information content (AvgIpc) is 4.05. The molecule has 20 heteroatoms. The minimum Gasteiger partial charge on any atom is -0.491 e. The lowest BCUT2D eigenvalue weighted by Gasteiger charge is -2.14. The lowest BCUT2D eigenvalue weighted by atomic mass is 10.2. The van der Waals surface area contributed by atoms with Crippen LogP contribution < -0.4 is 30.7 Å². The van der Waals surface area contributed by atoms with Crippen LogP contribution in [0.4, 0.5) is 31.2 Å². The zero-order valence-corrected chi connectivity index (χ0v) is 37.6. The summed E-state index contributed by atoms with van der Waals surface area (Å²) in [5.41, 5.74) is 3.16. The molecule has 0 saturated carbocycles. The summed E-state index contributed by atoms with van der Waals surface area (Å²) < 4.78 is 18.5. The summed E-state index contributed by atoms with van der Waals surface area (Å²) in [6, 6.07) is 10.4. The van der Waals surface area contributed by atoms with Crippen LogP contribution in [0.3, 0.4) is 0 Å². The Morgan fingerprint density at radius 3 is 1.63 bits per heavy atom. The molecule has 0 unspecified atom stereocenters. The van der Waals surface area contributed by atoms with Crippen LogP contribution in [0.15, 0.2) is 65.7 Å². The minimum absolute atomic E-state index is 0.0266. The fourth-order valence-electron chi connectivity index (χ4n) is 5.51. The largest absolute Gasteiger partial charge is 0.491 e. The van der Waals surface area contributed by atoms with Crippen molar-refractivity contribution in [2.75, 3.05) is 34.5 Å². The predicted molar refractivity (Wildman–Crippen MR) is 241 cm³/mol. The molecule has 4 heterocycles. The van der Waals surface area contributed by atoms with Crippen molar-refractivity contribution >= 4 is 68.3 Å². The monoisotopic (exact) mass is 901 g/mol. The topological polar surface area (TPSA) is 245 Å². The van der Waals surface area contributed by atoms with Crippen LogP contribution >= 0.6 is 22.7 Å². The molecular formula is C43H51N9O9S2. The number of nitrogens with one attached hydrogen (secondary N) is 4. The number of aromatic carboxylic acids is 2. The first-order chi connectivity index (χ1) is 30.0. The lowest BCUT2D eigenvalue weighted by molar-refractivity contribution is 0.0680. The van der Waals surface area contributed by atoms with Gasteiger partial charge < -0.3 is 39.3 Å². The molecule has 0 aliphatic heterocycles. The minimum atomic E-state index is -1.13. The van der Waals surface area contributed by atoms with Crippen LogP contribution in [0.2, 0.25) is 0 Å². The van der Waals surface area contributed by atoms with Gasteiger partial charge in [0.2, 0.25) is 0 Å². The number of imidazole rings is 1. The van der Waals surface area contributed by atoms with Crippen LogP contribution in [-0.4, -0.2) is 71.9 Å². The summed E-state index contributed by atoms with van der Waals surface area (Å²) in [4.78, 5) is 65.1. The Bertz CT molecular complexity index is 2510. The lowest BCUT2D eigenvalue weighted by Crippen LogP contribution is -2.20. The van der Waals surface area contributed by atoms with Crippen molar-refractivity contribution in [3.8, 4) is 11.5 Å². The number of anilines is 4. The number of carbonyl (C=O) groups is 4. The van der Waals surface area contributed by atoms with E-state index in [1.54, 1.807) is 30.1 Å². The van der Waals surface area contributed by atoms with Crippen LogP contribution in [0.5, 0.6) is 11.5 Å². The molecule has 0 spiro atoms. The van der Waals surface area contributed by atoms with Gasteiger partial charge in [-0.2, -0.15) is 0 Å². The van der Waals surface area contributed by atoms with Crippen molar-refractivity contribution in [2.24, 2.45) is 18.9 Å². The van der Waals surface area contributed by atoms with Gasteiger partial charge in [-0.15, -0.1) is 22.7 Å². The summed E-state index contributed by atoms with van der Waals surface area (Å²) in [6.45, 7) is 13.3. The van der Waals surface area contributed by atoms with Crippen molar-refractivity contribution in [1.29, 1.82) is 0 Å². The number of benzene rings is 2. The highest BCUT2D eigenvalue weighted by Crippen LogP contribution is 2.29. The first kappa shape index (κ1) is 47.3. The zero-order valence-electron chi connectivity index (χ0n) is 36.0. The number of rotatable bonds is 18. The molecule has 63 heavy (non-hydrogen) atoms. The van der Waals surface area contributed by atoms with E-state index in [-0.39, 0.29) is 11.4 Å². The van der Waals surface area contributed by atoms with E-state index in [4.69, 9.17) is 24.1 Å². The molecule has 0 fully saturated rings. The fourth-order valence-corrected chi connectivity index (χ4v) is 7.12. The van der Waals surface area contributed by atoms with Crippen molar-refractivity contribution in [1.82, 2.24) is 24.5 Å². The highest BCUT2D eigenvalue weighted by molar-refractivity contribution is 7.16. The Morgan fingerprint density at radius 2 is 1.19 bits per heavy atom. The maximum absolute atomic E-state index is 12.5. The van der Waals surface area contributed by atoms with E-state index in [1.807, 2.05) is 44.2 Å². The number of carboxylic acids is 2. The number of aromatic nitrogens is 5.